The third kappa shape index (κ3) is 3.16. The molecule has 0 saturated heterocycles. The molecule has 3 heterocycles. The van der Waals surface area contributed by atoms with Crippen LogP contribution in [0.15, 0.2) is 59.8 Å². The number of ketones is 1. The molecule has 0 radical (unpaired) electrons. The van der Waals surface area contributed by atoms with E-state index in [9.17, 15) is 4.79 Å². The highest BCUT2D eigenvalue weighted by molar-refractivity contribution is 6.01. The Morgan fingerprint density at radius 2 is 1.75 bits per heavy atom. The predicted octanol–water partition coefficient (Wildman–Crippen LogP) is 5.49. The van der Waals surface area contributed by atoms with Crippen molar-refractivity contribution in [2.45, 2.75) is 45.4 Å². The molecule has 4 heteroatoms. The quantitative estimate of drug-likeness (QED) is 0.603. The summed E-state index contributed by atoms with van der Waals surface area (Å²) in [6.45, 7) is 6.70. The molecular formula is C28H29NO3. The molecule has 0 aromatic heterocycles. The van der Waals surface area contributed by atoms with Crippen LogP contribution in [0, 0.1) is 5.41 Å². The van der Waals surface area contributed by atoms with Crippen LogP contribution in [-0.4, -0.2) is 30.4 Å². The highest BCUT2D eigenvalue weighted by Gasteiger charge is 2.42. The summed E-state index contributed by atoms with van der Waals surface area (Å²) in [5.74, 6) is 1.98. The molecule has 0 unspecified atom stereocenters. The van der Waals surface area contributed by atoms with Crippen LogP contribution in [0.2, 0.25) is 0 Å². The topological polar surface area (TPSA) is 38.8 Å². The van der Waals surface area contributed by atoms with Crippen molar-refractivity contribution in [1.29, 1.82) is 0 Å². The number of carbonyl (C=O) groups excluding carboxylic acids is 1. The summed E-state index contributed by atoms with van der Waals surface area (Å²) < 4.78 is 12.0. The van der Waals surface area contributed by atoms with E-state index in [1.807, 2.05) is 6.07 Å². The largest absolute Gasteiger partial charge is 0.490 e. The van der Waals surface area contributed by atoms with Crippen LogP contribution in [0.25, 0.3) is 5.70 Å². The number of rotatable bonds is 1. The molecule has 0 amide bonds. The molecule has 0 spiro atoms. The molecule has 2 aromatic rings. The van der Waals surface area contributed by atoms with Gasteiger partial charge in [-0.2, -0.15) is 0 Å². The SMILES string of the molecule is CC1(C)CC(=O)C2=C(C1)N1CCc3cc4c(cc3C1=C[C@H]2c1ccccc1)OCCCO4. The number of hydrogen-bond acceptors (Lipinski definition) is 4. The van der Waals surface area contributed by atoms with Gasteiger partial charge in [0.25, 0.3) is 0 Å². The van der Waals surface area contributed by atoms with E-state index in [1.165, 1.54) is 28.1 Å². The molecule has 164 valence electrons. The number of Topliss-reactive ketones (excluding diaryl/α,β-unsaturated/α-hetero) is 1. The van der Waals surface area contributed by atoms with Gasteiger partial charge in [0, 0.05) is 47.8 Å². The van der Waals surface area contributed by atoms with Gasteiger partial charge < -0.3 is 14.4 Å². The second-order valence-corrected chi connectivity index (χ2v) is 10.1. The lowest BCUT2D eigenvalue weighted by Gasteiger charge is -2.46. The van der Waals surface area contributed by atoms with E-state index in [4.69, 9.17) is 9.47 Å². The molecule has 0 fully saturated rings. The number of fused-ring (bicyclic) bond motifs is 5. The van der Waals surface area contributed by atoms with Crippen LogP contribution < -0.4 is 9.47 Å². The third-order valence-electron chi connectivity index (χ3n) is 7.16. The van der Waals surface area contributed by atoms with Gasteiger partial charge in [-0.15, -0.1) is 0 Å². The standard InChI is InChI=1S/C28H29NO3/c1-28(2)16-23-27(24(30)17-28)21(18-7-4-3-5-8-18)14-22-20-15-26-25(31-11-6-12-32-26)13-19(20)9-10-29(22)23/h3-5,7-8,13-15,21H,6,9-12,16-17H2,1-2H3/t21-/m0/s1. The lowest BCUT2D eigenvalue weighted by molar-refractivity contribution is -0.118. The highest BCUT2D eigenvalue weighted by atomic mass is 16.5. The minimum absolute atomic E-state index is 0.0111. The zero-order chi connectivity index (χ0) is 21.9. The van der Waals surface area contributed by atoms with Crippen molar-refractivity contribution in [2.75, 3.05) is 19.8 Å². The van der Waals surface area contributed by atoms with Gasteiger partial charge >= 0.3 is 0 Å². The van der Waals surface area contributed by atoms with E-state index in [1.54, 1.807) is 0 Å². The molecule has 1 atom stereocenters. The maximum atomic E-state index is 13.4. The van der Waals surface area contributed by atoms with E-state index in [0.29, 0.717) is 25.4 Å². The highest BCUT2D eigenvalue weighted by Crippen LogP contribution is 2.51. The Morgan fingerprint density at radius 3 is 2.53 bits per heavy atom. The van der Waals surface area contributed by atoms with Crippen molar-refractivity contribution in [3.63, 3.8) is 0 Å². The number of benzene rings is 2. The van der Waals surface area contributed by atoms with E-state index in [0.717, 1.165) is 42.9 Å². The Hall–Kier alpha value is -3.01. The van der Waals surface area contributed by atoms with Crippen molar-refractivity contribution >= 4 is 11.5 Å². The Kier molecular flexibility index (Phi) is 4.46. The molecule has 1 aliphatic carbocycles. The van der Waals surface area contributed by atoms with Crippen LogP contribution in [0.4, 0.5) is 0 Å². The molecule has 4 nitrogen and oxygen atoms in total. The summed E-state index contributed by atoms with van der Waals surface area (Å²) in [5.41, 5.74) is 7.09. The Balaban J connectivity index is 1.53. The number of allylic oxidation sites excluding steroid dienone is 3. The number of nitrogens with zero attached hydrogens (tertiary/aromatic N) is 1. The summed E-state index contributed by atoms with van der Waals surface area (Å²) in [6.07, 6.45) is 5.69. The van der Waals surface area contributed by atoms with Gasteiger partial charge in [-0.05, 0) is 47.6 Å². The fraction of sp³-hybridized carbons (Fsp3) is 0.393. The summed E-state index contributed by atoms with van der Waals surface area (Å²) in [6, 6.07) is 14.8. The van der Waals surface area contributed by atoms with E-state index in [-0.39, 0.29) is 11.3 Å². The molecule has 0 N–H and O–H groups in total. The van der Waals surface area contributed by atoms with Crippen LogP contribution in [0.5, 0.6) is 11.5 Å². The minimum Gasteiger partial charge on any atom is -0.490 e. The van der Waals surface area contributed by atoms with E-state index >= 15 is 0 Å². The first-order valence-electron chi connectivity index (χ1n) is 11.7. The number of ether oxygens (including phenoxy) is 2. The lowest BCUT2D eigenvalue weighted by Crippen LogP contribution is -2.40. The van der Waals surface area contributed by atoms with Crippen molar-refractivity contribution < 1.29 is 14.3 Å². The first kappa shape index (κ1) is 19.7. The zero-order valence-corrected chi connectivity index (χ0v) is 18.8. The maximum Gasteiger partial charge on any atom is 0.162 e. The van der Waals surface area contributed by atoms with Gasteiger partial charge in [0.1, 0.15) is 0 Å². The van der Waals surface area contributed by atoms with Crippen molar-refractivity contribution in [3.8, 4) is 11.5 Å². The van der Waals surface area contributed by atoms with Crippen LogP contribution in [-0.2, 0) is 11.2 Å². The number of carbonyl (C=O) groups is 1. The summed E-state index contributed by atoms with van der Waals surface area (Å²) in [5, 5.41) is 0. The normalized spacial score (nSPS) is 23.6. The summed E-state index contributed by atoms with van der Waals surface area (Å²) in [7, 11) is 0. The molecule has 32 heavy (non-hydrogen) atoms. The smallest absolute Gasteiger partial charge is 0.162 e. The Morgan fingerprint density at radius 1 is 1.00 bits per heavy atom. The van der Waals surface area contributed by atoms with Gasteiger partial charge in [0.2, 0.25) is 0 Å². The minimum atomic E-state index is -0.0232. The Labute approximate surface area is 189 Å². The summed E-state index contributed by atoms with van der Waals surface area (Å²) >= 11 is 0. The van der Waals surface area contributed by atoms with E-state index in [2.05, 4.69) is 61.2 Å². The van der Waals surface area contributed by atoms with Crippen molar-refractivity contribution in [1.82, 2.24) is 4.90 Å². The molecule has 4 aliphatic rings. The molecule has 2 aromatic carbocycles. The fourth-order valence-electron chi connectivity index (χ4n) is 5.71. The first-order valence-corrected chi connectivity index (χ1v) is 11.7. The lowest BCUT2D eigenvalue weighted by atomic mass is 9.69. The average Bonchev–Trinajstić information content (AvgIpc) is 3.01. The fourth-order valence-corrected chi connectivity index (χ4v) is 5.71. The monoisotopic (exact) mass is 427 g/mol. The molecular weight excluding hydrogens is 398 g/mol. The summed E-state index contributed by atoms with van der Waals surface area (Å²) in [4.78, 5) is 15.8. The predicted molar refractivity (Wildman–Crippen MR) is 125 cm³/mol. The molecule has 6 rings (SSSR count). The van der Waals surface area contributed by atoms with Gasteiger partial charge in [-0.3, -0.25) is 4.79 Å². The van der Waals surface area contributed by atoms with E-state index < -0.39 is 0 Å². The van der Waals surface area contributed by atoms with Gasteiger partial charge in [0.05, 0.1) is 13.2 Å². The average molecular weight is 428 g/mol. The van der Waals surface area contributed by atoms with Crippen LogP contribution >= 0.6 is 0 Å². The zero-order valence-electron chi connectivity index (χ0n) is 18.8. The van der Waals surface area contributed by atoms with Gasteiger partial charge in [-0.1, -0.05) is 44.2 Å². The third-order valence-corrected chi connectivity index (χ3v) is 7.16. The second-order valence-electron chi connectivity index (χ2n) is 10.1. The molecule has 0 bridgehead atoms. The number of hydrogen-bond donors (Lipinski definition) is 0. The second kappa shape index (κ2) is 7.26. The Bertz CT molecular complexity index is 1160. The molecule has 3 aliphatic heterocycles. The maximum absolute atomic E-state index is 13.4. The van der Waals surface area contributed by atoms with Crippen LogP contribution in [0.3, 0.4) is 0 Å². The molecule has 0 saturated carbocycles. The van der Waals surface area contributed by atoms with Crippen molar-refractivity contribution in [2.24, 2.45) is 5.41 Å². The first-order chi connectivity index (χ1) is 15.5. The van der Waals surface area contributed by atoms with Gasteiger partial charge in [0.15, 0.2) is 17.3 Å². The van der Waals surface area contributed by atoms with Crippen LogP contribution in [0.1, 0.15) is 55.7 Å². The van der Waals surface area contributed by atoms with Crippen molar-refractivity contribution in [3.05, 3.63) is 76.5 Å². The van der Waals surface area contributed by atoms with Gasteiger partial charge in [-0.25, -0.2) is 0 Å².